The molecular formula is C10H14ClN. The molecule has 0 amide bonds. The van der Waals surface area contributed by atoms with Gasteiger partial charge in [-0.25, -0.2) is 0 Å². The Hall–Kier alpha value is -0.530. The lowest BCUT2D eigenvalue weighted by Crippen LogP contribution is -2.02. The largest absolute Gasteiger partial charge is 0.327 e. The number of rotatable bonds is 1. The quantitative estimate of drug-likeness (QED) is 0.710. The summed E-state index contributed by atoms with van der Waals surface area (Å²) in [7, 11) is 0. The van der Waals surface area contributed by atoms with Gasteiger partial charge in [-0.3, -0.25) is 0 Å². The maximum atomic E-state index is 5.84. The first-order chi connectivity index (χ1) is 5.30. The Kier molecular flexibility index (Phi) is 2.76. The molecule has 1 nitrogen and oxygen atoms in total. The Morgan fingerprint density at radius 2 is 1.67 bits per heavy atom. The Morgan fingerprint density at radius 3 is 2.08 bits per heavy atom. The van der Waals surface area contributed by atoms with Crippen LogP contribution in [0.2, 0.25) is 0 Å². The van der Waals surface area contributed by atoms with Gasteiger partial charge in [0.05, 0.1) is 0 Å². The molecule has 12 heavy (non-hydrogen) atoms. The molecule has 0 heterocycles. The van der Waals surface area contributed by atoms with Crippen LogP contribution in [0.1, 0.15) is 18.4 Å². The van der Waals surface area contributed by atoms with Crippen LogP contribution in [0.5, 0.6) is 0 Å². The molecule has 3 unspecified atom stereocenters. The van der Waals surface area contributed by atoms with E-state index in [9.17, 15) is 0 Å². The number of hydrogen-bond donors (Lipinski definition) is 1. The molecule has 1 fully saturated rings. The molecule has 2 heteroatoms. The number of benzene rings is 1. The highest BCUT2D eigenvalue weighted by Gasteiger charge is 2.44. The van der Waals surface area contributed by atoms with Crippen molar-refractivity contribution in [3.8, 4) is 0 Å². The summed E-state index contributed by atoms with van der Waals surface area (Å²) >= 11 is 0. The zero-order chi connectivity index (χ0) is 7.84. The number of halogens is 1. The fourth-order valence-electron chi connectivity index (χ4n) is 1.69. The second kappa shape index (κ2) is 3.46. The second-order valence-corrected chi connectivity index (χ2v) is 3.37. The molecule has 0 radical (unpaired) electrons. The first-order valence-electron chi connectivity index (χ1n) is 4.11. The summed E-state index contributed by atoms with van der Waals surface area (Å²) < 4.78 is 0. The second-order valence-electron chi connectivity index (χ2n) is 3.37. The lowest BCUT2D eigenvalue weighted by Gasteiger charge is -1.95. The van der Waals surface area contributed by atoms with Crippen LogP contribution in [0.3, 0.4) is 0 Å². The summed E-state index contributed by atoms with van der Waals surface area (Å²) in [5.41, 5.74) is 7.24. The highest BCUT2D eigenvalue weighted by Crippen LogP contribution is 2.45. The van der Waals surface area contributed by atoms with Gasteiger partial charge < -0.3 is 5.73 Å². The molecule has 0 spiro atoms. The third-order valence-corrected chi connectivity index (χ3v) is 2.63. The predicted molar refractivity (Wildman–Crippen MR) is 53.6 cm³/mol. The monoisotopic (exact) mass is 183 g/mol. The normalized spacial score (nSPS) is 32.3. The van der Waals surface area contributed by atoms with E-state index in [1.54, 1.807) is 0 Å². The van der Waals surface area contributed by atoms with E-state index in [1.165, 1.54) is 5.56 Å². The average molecular weight is 184 g/mol. The predicted octanol–water partition coefficient (Wildman–Crippen LogP) is 2.17. The SMILES string of the molecule is CC1C(N)C1c1ccccc1.Cl. The van der Waals surface area contributed by atoms with Gasteiger partial charge in [-0.15, -0.1) is 12.4 Å². The molecule has 1 aromatic carbocycles. The van der Waals surface area contributed by atoms with E-state index in [1.807, 2.05) is 6.07 Å². The van der Waals surface area contributed by atoms with E-state index < -0.39 is 0 Å². The molecule has 2 N–H and O–H groups in total. The van der Waals surface area contributed by atoms with Crippen LogP contribution in [0.15, 0.2) is 30.3 Å². The maximum absolute atomic E-state index is 5.84. The highest BCUT2D eigenvalue weighted by atomic mass is 35.5. The lowest BCUT2D eigenvalue weighted by atomic mass is 10.1. The van der Waals surface area contributed by atoms with Gasteiger partial charge >= 0.3 is 0 Å². The van der Waals surface area contributed by atoms with Gasteiger partial charge in [0.15, 0.2) is 0 Å². The molecule has 1 aliphatic rings. The molecule has 0 aliphatic heterocycles. The molecular weight excluding hydrogens is 170 g/mol. The summed E-state index contributed by atoms with van der Waals surface area (Å²) in [4.78, 5) is 0. The molecule has 66 valence electrons. The Labute approximate surface area is 79.4 Å². The van der Waals surface area contributed by atoms with Crippen molar-refractivity contribution in [3.63, 3.8) is 0 Å². The van der Waals surface area contributed by atoms with Crippen LogP contribution >= 0.6 is 12.4 Å². The fourth-order valence-corrected chi connectivity index (χ4v) is 1.69. The summed E-state index contributed by atoms with van der Waals surface area (Å²) in [5.74, 6) is 1.30. The minimum absolute atomic E-state index is 0. The van der Waals surface area contributed by atoms with Crippen molar-refractivity contribution in [2.24, 2.45) is 11.7 Å². The van der Waals surface area contributed by atoms with Gasteiger partial charge in [0.1, 0.15) is 0 Å². The van der Waals surface area contributed by atoms with Gasteiger partial charge in [0.2, 0.25) is 0 Å². The van der Waals surface area contributed by atoms with E-state index in [4.69, 9.17) is 5.73 Å². The summed E-state index contributed by atoms with van der Waals surface area (Å²) in [6.45, 7) is 2.21. The minimum atomic E-state index is 0. The molecule has 1 aliphatic carbocycles. The van der Waals surface area contributed by atoms with Gasteiger partial charge in [-0.2, -0.15) is 0 Å². The Balaban J connectivity index is 0.000000720. The smallest absolute Gasteiger partial charge is 0.0143 e. The zero-order valence-electron chi connectivity index (χ0n) is 7.10. The Bertz CT molecular complexity index is 239. The summed E-state index contributed by atoms with van der Waals surface area (Å²) in [6.07, 6.45) is 0. The van der Waals surface area contributed by atoms with E-state index in [0.29, 0.717) is 17.9 Å². The molecule has 0 saturated heterocycles. The summed E-state index contributed by atoms with van der Waals surface area (Å²) in [5, 5.41) is 0. The molecule has 0 aromatic heterocycles. The van der Waals surface area contributed by atoms with Crippen LogP contribution in [-0.2, 0) is 0 Å². The third-order valence-electron chi connectivity index (χ3n) is 2.63. The van der Waals surface area contributed by atoms with Gasteiger partial charge in [-0.1, -0.05) is 37.3 Å². The standard InChI is InChI=1S/C10H13N.ClH/c1-7-9(10(7)11)8-5-3-2-4-6-8;/h2-7,9-10H,11H2,1H3;1H. The Morgan fingerprint density at radius 1 is 1.17 bits per heavy atom. The first kappa shape index (κ1) is 9.56. The van der Waals surface area contributed by atoms with Gasteiger partial charge in [-0.05, 0) is 11.5 Å². The molecule has 1 aromatic rings. The maximum Gasteiger partial charge on any atom is 0.0143 e. The van der Waals surface area contributed by atoms with E-state index in [0.717, 1.165) is 0 Å². The molecule has 1 saturated carbocycles. The summed E-state index contributed by atoms with van der Waals surface area (Å²) in [6, 6.07) is 10.9. The minimum Gasteiger partial charge on any atom is -0.327 e. The zero-order valence-corrected chi connectivity index (χ0v) is 7.92. The van der Waals surface area contributed by atoms with E-state index in [-0.39, 0.29) is 12.4 Å². The molecule has 3 atom stereocenters. The average Bonchev–Trinajstić information content (AvgIpc) is 2.62. The van der Waals surface area contributed by atoms with Crippen molar-refractivity contribution < 1.29 is 0 Å². The van der Waals surface area contributed by atoms with Crippen molar-refractivity contribution >= 4 is 12.4 Å². The third kappa shape index (κ3) is 1.47. The lowest BCUT2D eigenvalue weighted by molar-refractivity contribution is 0.885. The topological polar surface area (TPSA) is 26.0 Å². The van der Waals surface area contributed by atoms with Crippen LogP contribution in [0.4, 0.5) is 0 Å². The van der Waals surface area contributed by atoms with Crippen molar-refractivity contribution in [1.82, 2.24) is 0 Å². The highest BCUT2D eigenvalue weighted by molar-refractivity contribution is 5.85. The van der Waals surface area contributed by atoms with Crippen molar-refractivity contribution in [2.45, 2.75) is 18.9 Å². The van der Waals surface area contributed by atoms with Crippen LogP contribution in [0, 0.1) is 5.92 Å². The van der Waals surface area contributed by atoms with Gasteiger partial charge in [0, 0.05) is 12.0 Å². The number of nitrogens with two attached hydrogens (primary N) is 1. The fraction of sp³-hybridized carbons (Fsp3) is 0.400. The van der Waals surface area contributed by atoms with E-state index >= 15 is 0 Å². The molecule has 0 bridgehead atoms. The van der Waals surface area contributed by atoms with Crippen LogP contribution in [-0.4, -0.2) is 6.04 Å². The van der Waals surface area contributed by atoms with Gasteiger partial charge in [0.25, 0.3) is 0 Å². The number of hydrogen-bond acceptors (Lipinski definition) is 1. The van der Waals surface area contributed by atoms with Crippen molar-refractivity contribution in [1.29, 1.82) is 0 Å². The van der Waals surface area contributed by atoms with Crippen LogP contribution in [0.25, 0.3) is 0 Å². The van der Waals surface area contributed by atoms with Crippen molar-refractivity contribution in [2.75, 3.05) is 0 Å². The van der Waals surface area contributed by atoms with Crippen molar-refractivity contribution in [3.05, 3.63) is 35.9 Å². The van der Waals surface area contributed by atoms with E-state index in [2.05, 4.69) is 31.2 Å². The first-order valence-corrected chi connectivity index (χ1v) is 4.11. The van der Waals surface area contributed by atoms with Crippen LogP contribution < -0.4 is 5.73 Å². The molecule has 2 rings (SSSR count).